The summed E-state index contributed by atoms with van der Waals surface area (Å²) in [5.74, 6) is -0.440. The first-order chi connectivity index (χ1) is 8.74. The number of hydrogen-bond acceptors (Lipinski definition) is 2. The van der Waals surface area contributed by atoms with E-state index in [1.165, 1.54) is 12.1 Å². The first-order valence-electron chi connectivity index (χ1n) is 5.72. The third kappa shape index (κ3) is 3.69. The molecule has 1 aromatic heterocycles. The zero-order valence-electron chi connectivity index (χ0n) is 9.84. The number of amides is 1. The zero-order valence-corrected chi connectivity index (χ0v) is 9.84. The number of hydrogen-bond donors (Lipinski definition) is 1. The molecule has 5 heteroatoms. The van der Waals surface area contributed by atoms with Crippen molar-refractivity contribution in [1.82, 2.24) is 15.1 Å². The van der Waals surface area contributed by atoms with Gasteiger partial charge < -0.3 is 5.32 Å². The van der Waals surface area contributed by atoms with E-state index in [2.05, 4.69) is 10.4 Å². The smallest absolute Gasteiger partial charge is 0.224 e. The van der Waals surface area contributed by atoms with Crippen molar-refractivity contribution in [1.29, 1.82) is 0 Å². The van der Waals surface area contributed by atoms with Crippen molar-refractivity contribution in [3.8, 4) is 0 Å². The molecule has 1 aromatic carbocycles. The fourth-order valence-electron chi connectivity index (χ4n) is 1.64. The molecule has 4 nitrogen and oxygen atoms in total. The molecule has 0 radical (unpaired) electrons. The van der Waals surface area contributed by atoms with E-state index in [0.29, 0.717) is 18.7 Å². The highest BCUT2D eigenvalue weighted by molar-refractivity contribution is 5.78. The number of benzene rings is 1. The largest absolute Gasteiger partial charge is 0.354 e. The Morgan fingerprint density at radius 1 is 1.39 bits per heavy atom. The molecule has 0 unspecified atom stereocenters. The van der Waals surface area contributed by atoms with Gasteiger partial charge >= 0.3 is 0 Å². The van der Waals surface area contributed by atoms with Crippen LogP contribution in [0.1, 0.15) is 5.56 Å². The average molecular weight is 247 g/mol. The summed E-state index contributed by atoms with van der Waals surface area (Å²) >= 11 is 0. The molecule has 2 rings (SSSR count). The minimum atomic E-state index is -0.322. The molecule has 94 valence electrons. The van der Waals surface area contributed by atoms with Gasteiger partial charge in [-0.3, -0.25) is 9.48 Å². The van der Waals surface area contributed by atoms with Crippen molar-refractivity contribution in [2.75, 3.05) is 6.54 Å². The summed E-state index contributed by atoms with van der Waals surface area (Å²) in [6.45, 7) is 1.14. The van der Waals surface area contributed by atoms with E-state index in [-0.39, 0.29) is 18.1 Å². The fourth-order valence-corrected chi connectivity index (χ4v) is 1.64. The second-order valence-electron chi connectivity index (χ2n) is 3.93. The molecule has 0 spiro atoms. The zero-order chi connectivity index (χ0) is 12.8. The molecular weight excluding hydrogens is 233 g/mol. The third-order valence-electron chi connectivity index (χ3n) is 2.48. The maximum absolute atomic E-state index is 12.9. The van der Waals surface area contributed by atoms with Gasteiger partial charge in [0.1, 0.15) is 5.82 Å². The Kier molecular flexibility index (Phi) is 4.06. The Hall–Kier alpha value is -2.17. The molecule has 0 saturated heterocycles. The van der Waals surface area contributed by atoms with Gasteiger partial charge in [0.05, 0.1) is 13.0 Å². The van der Waals surface area contributed by atoms with Crippen LogP contribution in [0.25, 0.3) is 0 Å². The van der Waals surface area contributed by atoms with Gasteiger partial charge in [0.25, 0.3) is 0 Å². The van der Waals surface area contributed by atoms with Crippen molar-refractivity contribution in [3.05, 3.63) is 54.1 Å². The lowest BCUT2D eigenvalue weighted by atomic mass is 10.1. The van der Waals surface area contributed by atoms with Crippen molar-refractivity contribution in [2.24, 2.45) is 0 Å². The molecule has 0 aliphatic heterocycles. The molecule has 0 fully saturated rings. The second-order valence-corrected chi connectivity index (χ2v) is 3.93. The maximum atomic E-state index is 12.9. The van der Waals surface area contributed by atoms with Gasteiger partial charge in [-0.2, -0.15) is 5.10 Å². The predicted molar refractivity (Wildman–Crippen MR) is 65.3 cm³/mol. The number of rotatable bonds is 5. The Morgan fingerprint density at radius 2 is 2.28 bits per heavy atom. The molecular formula is C13H14FN3O. The molecule has 2 aromatic rings. The minimum absolute atomic E-state index is 0.118. The van der Waals surface area contributed by atoms with Crippen LogP contribution in [0, 0.1) is 5.82 Å². The average Bonchev–Trinajstić information content (AvgIpc) is 2.82. The van der Waals surface area contributed by atoms with Crippen LogP contribution in [0.3, 0.4) is 0 Å². The van der Waals surface area contributed by atoms with Crippen LogP contribution in [-0.2, 0) is 17.8 Å². The molecule has 0 bridgehead atoms. The molecule has 1 amide bonds. The highest BCUT2D eigenvalue weighted by Gasteiger charge is 2.03. The van der Waals surface area contributed by atoms with E-state index in [9.17, 15) is 9.18 Å². The van der Waals surface area contributed by atoms with E-state index in [4.69, 9.17) is 0 Å². The fraction of sp³-hybridized carbons (Fsp3) is 0.231. The lowest BCUT2D eigenvalue weighted by molar-refractivity contribution is -0.120. The maximum Gasteiger partial charge on any atom is 0.224 e. The molecule has 1 N–H and O–H groups in total. The number of aromatic nitrogens is 2. The number of carbonyl (C=O) groups is 1. The van der Waals surface area contributed by atoms with E-state index < -0.39 is 0 Å². The molecule has 1 heterocycles. The topological polar surface area (TPSA) is 46.9 Å². The van der Waals surface area contributed by atoms with Gasteiger partial charge in [-0.15, -0.1) is 0 Å². The molecule has 18 heavy (non-hydrogen) atoms. The van der Waals surface area contributed by atoms with Gasteiger partial charge in [0.15, 0.2) is 0 Å². The van der Waals surface area contributed by atoms with Crippen LogP contribution in [0.5, 0.6) is 0 Å². The summed E-state index contributed by atoms with van der Waals surface area (Å²) < 4.78 is 14.7. The SMILES string of the molecule is O=C(Cc1cccc(F)c1)NCCn1cccn1. The lowest BCUT2D eigenvalue weighted by Crippen LogP contribution is -2.28. The van der Waals surface area contributed by atoms with Crippen LogP contribution >= 0.6 is 0 Å². The number of carbonyl (C=O) groups excluding carboxylic acids is 1. The van der Waals surface area contributed by atoms with Gasteiger partial charge in [0, 0.05) is 18.9 Å². The molecule has 0 aliphatic rings. The van der Waals surface area contributed by atoms with Crippen LogP contribution in [0.15, 0.2) is 42.7 Å². The third-order valence-corrected chi connectivity index (χ3v) is 2.48. The molecule has 0 aliphatic carbocycles. The standard InChI is InChI=1S/C13H14FN3O/c14-12-4-1-3-11(9-12)10-13(18)15-6-8-17-7-2-5-16-17/h1-5,7,9H,6,8,10H2,(H,15,18). The predicted octanol–water partition coefficient (Wildman–Crippen LogP) is 1.38. The highest BCUT2D eigenvalue weighted by Crippen LogP contribution is 2.03. The number of nitrogens with one attached hydrogen (secondary N) is 1. The lowest BCUT2D eigenvalue weighted by Gasteiger charge is -2.05. The van der Waals surface area contributed by atoms with Gasteiger partial charge in [-0.1, -0.05) is 12.1 Å². The normalized spacial score (nSPS) is 10.3. The van der Waals surface area contributed by atoms with E-state index in [1.807, 2.05) is 12.3 Å². The first kappa shape index (κ1) is 12.3. The van der Waals surface area contributed by atoms with Crippen molar-refractivity contribution >= 4 is 5.91 Å². The summed E-state index contributed by atoms with van der Waals surface area (Å²) in [5.41, 5.74) is 0.673. The first-order valence-corrected chi connectivity index (χ1v) is 5.72. The van der Waals surface area contributed by atoms with Crippen LogP contribution in [0.2, 0.25) is 0 Å². The van der Waals surface area contributed by atoms with Gasteiger partial charge in [-0.05, 0) is 23.8 Å². The monoisotopic (exact) mass is 247 g/mol. The summed E-state index contributed by atoms with van der Waals surface area (Å²) in [6.07, 6.45) is 3.71. The number of halogens is 1. The number of nitrogens with zero attached hydrogens (tertiary/aromatic N) is 2. The van der Waals surface area contributed by atoms with Crippen molar-refractivity contribution in [2.45, 2.75) is 13.0 Å². The van der Waals surface area contributed by atoms with Crippen LogP contribution < -0.4 is 5.32 Å². The molecule has 0 atom stereocenters. The van der Waals surface area contributed by atoms with Crippen LogP contribution in [-0.4, -0.2) is 22.2 Å². The quantitative estimate of drug-likeness (QED) is 0.867. The Balaban J connectivity index is 1.75. The molecule has 0 saturated carbocycles. The van der Waals surface area contributed by atoms with E-state index >= 15 is 0 Å². The second kappa shape index (κ2) is 5.95. The summed E-state index contributed by atoms with van der Waals surface area (Å²) in [6, 6.07) is 7.89. The van der Waals surface area contributed by atoms with Crippen molar-refractivity contribution in [3.63, 3.8) is 0 Å². The van der Waals surface area contributed by atoms with E-state index in [0.717, 1.165) is 0 Å². The summed E-state index contributed by atoms with van der Waals surface area (Å²) in [4.78, 5) is 11.6. The van der Waals surface area contributed by atoms with Crippen LogP contribution in [0.4, 0.5) is 4.39 Å². The van der Waals surface area contributed by atoms with E-state index in [1.54, 1.807) is 23.0 Å². The Labute approximate surface area is 104 Å². The minimum Gasteiger partial charge on any atom is -0.354 e. The van der Waals surface area contributed by atoms with Crippen molar-refractivity contribution < 1.29 is 9.18 Å². The summed E-state index contributed by atoms with van der Waals surface area (Å²) in [5, 5.41) is 6.79. The Bertz CT molecular complexity index is 511. The van der Waals surface area contributed by atoms with Gasteiger partial charge in [-0.25, -0.2) is 4.39 Å². The Morgan fingerprint density at radius 3 is 3.00 bits per heavy atom. The summed E-state index contributed by atoms with van der Waals surface area (Å²) in [7, 11) is 0. The highest BCUT2D eigenvalue weighted by atomic mass is 19.1. The van der Waals surface area contributed by atoms with Gasteiger partial charge in [0.2, 0.25) is 5.91 Å².